The van der Waals surface area contributed by atoms with Crippen LogP contribution >= 0.6 is 0 Å². The van der Waals surface area contributed by atoms with E-state index in [-0.39, 0.29) is 11.9 Å². The Morgan fingerprint density at radius 2 is 2.06 bits per heavy atom. The summed E-state index contributed by atoms with van der Waals surface area (Å²) in [4.78, 5) is 25.2. The molecule has 100 valence electrons. The zero-order chi connectivity index (χ0) is 13.3. The molecule has 0 spiro atoms. The second kappa shape index (κ2) is 5.12. The molecule has 18 heavy (non-hydrogen) atoms. The molecule has 0 radical (unpaired) electrons. The third-order valence-corrected chi connectivity index (χ3v) is 3.89. The van der Waals surface area contributed by atoms with Gasteiger partial charge in [0.05, 0.1) is 5.92 Å². The van der Waals surface area contributed by atoms with Crippen molar-refractivity contribution in [3.63, 3.8) is 0 Å². The highest BCUT2D eigenvalue weighted by molar-refractivity contribution is 5.95. The first-order chi connectivity index (χ1) is 8.50. The molecule has 1 amide bonds. The number of aliphatic carboxylic acids is 1. The van der Waals surface area contributed by atoms with Gasteiger partial charge in [0.1, 0.15) is 0 Å². The van der Waals surface area contributed by atoms with Crippen molar-refractivity contribution in [3.05, 3.63) is 11.1 Å². The fourth-order valence-corrected chi connectivity index (χ4v) is 2.51. The SMILES string of the molecule is CC1=C(C(=O)N(CC(C)C(=O)O)C2CC2)CCC1. The van der Waals surface area contributed by atoms with Crippen LogP contribution in [-0.2, 0) is 9.59 Å². The van der Waals surface area contributed by atoms with Crippen LogP contribution in [0.25, 0.3) is 0 Å². The van der Waals surface area contributed by atoms with Crippen LogP contribution in [0.5, 0.6) is 0 Å². The van der Waals surface area contributed by atoms with E-state index in [9.17, 15) is 9.59 Å². The zero-order valence-electron chi connectivity index (χ0n) is 11.1. The second-order valence-corrected chi connectivity index (χ2v) is 5.54. The first kappa shape index (κ1) is 13.1. The van der Waals surface area contributed by atoms with Crippen molar-refractivity contribution in [2.24, 2.45) is 5.92 Å². The van der Waals surface area contributed by atoms with Crippen molar-refractivity contribution in [3.8, 4) is 0 Å². The Balaban J connectivity index is 2.08. The van der Waals surface area contributed by atoms with Crippen LogP contribution in [0.3, 0.4) is 0 Å². The van der Waals surface area contributed by atoms with Crippen LogP contribution in [0.4, 0.5) is 0 Å². The van der Waals surface area contributed by atoms with Crippen molar-refractivity contribution in [2.45, 2.75) is 52.0 Å². The summed E-state index contributed by atoms with van der Waals surface area (Å²) in [5, 5.41) is 8.98. The van der Waals surface area contributed by atoms with Gasteiger partial charge in [0.25, 0.3) is 0 Å². The number of carbonyl (C=O) groups is 2. The first-order valence-electron chi connectivity index (χ1n) is 6.73. The fraction of sp³-hybridized carbons (Fsp3) is 0.714. The van der Waals surface area contributed by atoms with Crippen molar-refractivity contribution < 1.29 is 14.7 Å². The van der Waals surface area contributed by atoms with Gasteiger partial charge in [-0.15, -0.1) is 0 Å². The van der Waals surface area contributed by atoms with Crippen molar-refractivity contribution in [2.75, 3.05) is 6.54 Å². The van der Waals surface area contributed by atoms with E-state index in [1.807, 2.05) is 6.92 Å². The van der Waals surface area contributed by atoms with E-state index in [1.165, 1.54) is 5.57 Å². The molecule has 0 aromatic carbocycles. The number of carboxylic acid groups (broad SMARTS) is 1. The number of carbonyl (C=O) groups excluding carboxylic acids is 1. The normalized spacial score (nSPS) is 21.0. The van der Waals surface area contributed by atoms with Crippen LogP contribution in [0.2, 0.25) is 0 Å². The standard InChI is InChI=1S/C14H21NO3/c1-9-4-3-5-12(9)13(16)15(11-6-7-11)8-10(2)14(17)18/h10-11H,3-8H2,1-2H3,(H,17,18). The summed E-state index contributed by atoms with van der Waals surface area (Å²) in [7, 11) is 0. The highest BCUT2D eigenvalue weighted by atomic mass is 16.4. The lowest BCUT2D eigenvalue weighted by Crippen LogP contribution is -2.39. The molecule has 2 aliphatic carbocycles. The Kier molecular flexibility index (Phi) is 3.73. The predicted molar refractivity (Wildman–Crippen MR) is 68.1 cm³/mol. The number of allylic oxidation sites excluding steroid dienone is 1. The van der Waals surface area contributed by atoms with Crippen LogP contribution in [-0.4, -0.2) is 34.5 Å². The zero-order valence-corrected chi connectivity index (χ0v) is 11.1. The van der Waals surface area contributed by atoms with Crippen molar-refractivity contribution in [1.29, 1.82) is 0 Å². The van der Waals surface area contributed by atoms with Crippen LogP contribution < -0.4 is 0 Å². The van der Waals surface area contributed by atoms with E-state index in [1.54, 1.807) is 11.8 Å². The summed E-state index contributed by atoms with van der Waals surface area (Å²) >= 11 is 0. The molecule has 0 heterocycles. The minimum absolute atomic E-state index is 0.0839. The minimum atomic E-state index is -0.828. The molecule has 4 heteroatoms. The second-order valence-electron chi connectivity index (χ2n) is 5.54. The van der Waals surface area contributed by atoms with Crippen molar-refractivity contribution in [1.82, 2.24) is 4.90 Å². The molecular formula is C14H21NO3. The van der Waals surface area contributed by atoms with Gasteiger partial charge in [-0.3, -0.25) is 9.59 Å². The van der Waals surface area contributed by atoms with Gasteiger partial charge in [-0.2, -0.15) is 0 Å². The third-order valence-electron chi connectivity index (χ3n) is 3.89. The highest BCUT2D eigenvalue weighted by Crippen LogP contribution is 2.33. The van der Waals surface area contributed by atoms with E-state index in [2.05, 4.69) is 0 Å². The Bertz CT molecular complexity index is 396. The molecule has 1 fully saturated rings. The van der Waals surface area contributed by atoms with Gasteiger partial charge >= 0.3 is 5.97 Å². The van der Waals surface area contributed by atoms with Crippen LogP contribution in [0.15, 0.2) is 11.1 Å². The average molecular weight is 251 g/mol. The maximum absolute atomic E-state index is 12.5. The van der Waals surface area contributed by atoms with Gasteiger partial charge in [-0.1, -0.05) is 12.5 Å². The van der Waals surface area contributed by atoms with Crippen LogP contribution in [0.1, 0.15) is 46.0 Å². The largest absolute Gasteiger partial charge is 0.481 e. The maximum atomic E-state index is 12.5. The molecule has 0 aromatic rings. The molecule has 2 rings (SSSR count). The van der Waals surface area contributed by atoms with Gasteiger partial charge in [0, 0.05) is 18.2 Å². The molecule has 0 aromatic heterocycles. The van der Waals surface area contributed by atoms with E-state index >= 15 is 0 Å². The Morgan fingerprint density at radius 3 is 2.50 bits per heavy atom. The summed E-state index contributed by atoms with van der Waals surface area (Å²) in [6.45, 7) is 4.03. The minimum Gasteiger partial charge on any atom is -0.481 e. The van der Waals surface area contributed by atoms with Gasteiger partial charge in [0.2, 0.25) is 5.91 Å². The molecule has 4 nitrogen and oxygen atoms in total. The lowest BCUT2D eigenvalue weighted by atomic mass is 10.1. The highest BCUT2D eigenvalue weighted by Gasteiger charge is 2.36. The number of carboxylic acids is 1. The smallest absolute Gasteiger partial charge is 0.308 e. The number of amides is 1. The summed E-state index contributed by atoms with van der Waals surface area (Å²) in [5.74, 6) is -1.23. The van der Waals surface area contributed by atoms with Crippen LogP contribution in [0, 0.1) is 5.92 Å². The van der Waals surface area contributed by atoms with Gasteiger partial charge in [-0.05, 0) is 39.0 Å². The quantitative estimate of drug-likeness (QED) is 0.815. The number of hydrogen-bond acceptors (Lipinski definition) is 2. The molecule has 0 saturated heterocycles. The van der Waals surface area contributed by atoms with Gasteiger partial charge in [0.15, 0.2) is 0 Å². The Labute approximate surface area is 108 Å². The maximum Gasteiger partial charge on any atom is 0.308 e. The lowest BCUT2D eigenvalue weighted by Gasteiger charge is -2.25. The van der Waals surface area contributed by atoms with E-state index in [4.69, 9.17) is 5.11 Å². The first-order valence-corrected chi connectivity index (χ1v) is 6.73. The third kappa shape index (κ3) is 2.74. The Morgan fingerprint density at radius 1 is 1.39 bits per heavy atom. The molecule has 2 aliphatic rings. The summed E-state index contributed by atoms with van der Waals surface area (Å²) in [5.41, 5.74) is 2.12. The summed E-state index contributed by atoms with van der Waals surface area (Å²) in [6, 6.07) is 0.278. The predicted octanol–water partition coefficient (Wildman–Crippen LogP) is 2.20. The van der Waals surface area contributed by atoms with E-state index in [0.717, 1.165) is 37.7 Å². The topological polar surface area (TPSA) is 57.6 Å². The monoisotopic (exact) mass is 251 g/mol. The summed E-state index contributed by atoms with van der Waals surface area (Å²) in [6.07, 6.45) is 4.96. The summed E-state index contributed by atoms with van der Waals surface area (Å²) < 4.78 is 0. The fourth-order valence-electron chi connectivity index (χ4n) is 2.51. The number of hydrogen-bond donors (Lipinski definition) is 1. The number of rotatable bonds is 5. The van der Waals surface area contributed by atoms with E-state index < -0.39 is 11.9 Å². The lowest BCUT2D eigenvalue weighted by molar-refractivity contribution is -0.142. The molecule has 1 N–H and O–H groups in total. The molecule has 0 aliphatic heterocycles. The number of nitrogens with zero attached hydrogens (tertiary/aromatic N) is 1. The van der Waals surface area contributed by atoms with Gasteiger partial charge < -0.3 is 10.0 Å². The van der Waals surface area contributed by atoms with E-state index in [0.29, 0.717) is 6.54 Å². The van der Waals surface area contributed by atoms with Gasteiger partial charge in [-0.25, -0.2) is 0 Å². The molecule has 1 saturated carbocycles. The molecule has 1 unspecified atom stereocenters. The average Bonchev–Trinajstić information content (AvgIpc) is 3.07. The molecular weight excluding hydrogens is 230 g/mol. The molecule has 0 bridgehead atoms. The molecule has 1 atom stereocenters. The van der Waals surface area contributed by atoms with Crippen molar-refractivity contribution >= 4 is 11.9 Å². The Hall–Kier alpha value is -1.32.